The second kappa shape index (κ2) is 6.89. The Morgan fingerprint density at radius 3 is 2.75 bits per heavy atom. The fourth-order valence-corrected chi connectivity index (χ4v) is 4.95. The summed E-state index contributed by atoms with van der Waals surface area (Å²) in [5.74, 6) is 1.04. The molecular formula is C22H27N9O. The predicted octanol–water partition coefficient (Wildman–Crippen LogP) is 0.350. The van der Waals surface area contributed by atoms with E-state index in [0.29, 0.717) is 11.6 Å². The maximum atomic E-state index is 6.40. The van der Waals surface area contributed by atoms with Crippen molar-refractivity contribution >= 4 is 22.7 Å². The monoisotopic (exact) mass is 433 g/mol. The van der Waals surface area contributed by atoms with Crippen LogP contribution in [0, 0.1) is 0 Å². The first kappa shape index (κ1) is 19.5. The number of nitrogens with one attached hydrogen (secondary N) is 1. The lowest BCUT2D eigenvalue weighted by Gasteiger charge is -2.45. The topological polar surface area (TPSA) is 123 Å². The molecule has 3 atom stereocenters. The summed E-state index contributed by atoms with van der Waals surface area (Å²) in [6, 6.07) is 5.95. The molecule has 3 aromatic rings. The molecular weight excluding hydrogens is 406 g/mol. The molecule has 10 heteroatoms. The van der Waals surface area contributed by atoms with E-state index in [4.69, 9.17) is 26.3 Å². The van der Waals surface area contributed by atoms with E-state index in [1.165, 1.54) is 0 Å². The van der Waals surface area contributed by atoms with Crippen LogP contribution in [0.1, 0.15) is 23.9 Å². The zero-order valence-corrected chi connectivity index (χ0v) is 18.2. The van der Waals surface area contributed by atoms with E-state index in [0.717, 1.165) is 54.2 Å². The van der Waals surface area contributed by atoms with E-state index in [1.54, 1.807) is 6.20 Å². The molecule has 3 unspecified atom stereocenters. The first-order valence-corrected chi connectivity index (χ1v) is 10.8. The van der Waals surface area contributed by atoms with Gasteiger partial charge in [-0.25, -0.2) is 14.5 Å². The minimum absolute atomic E-state index is 0.231. The third kappa shape index (κ3) is 3.19. The zero-order valence-electron chi connectivity index (χ0n) is 18.2. The number of morpholine rings is 2. The van der Waals surface area contributed by atoms with Crippen LogP contribution < -0.4 is 21.7 Å². The van der Waals surface area contributed by atoms with Crippen LogP contribution in [0.5, 0.6) is 0 Å². The van der Waals surface area contributed by atoms with Gasteiger partial charge in [0.15, 0.2) is 11.5 Å². The minimum atomic E-state index is -0.742. The van der Waals surface area contributed by atoms with Crippen LogP contribution in [-0.2, 0) is 10.4 Å². The number of hydrogen-bond acceptors (Lipinski definition) is 9. The summed E-state index contributed by atoms with van der Waals surface area (Å²) < 4.78 is 7.95. The number of fused-ring (bicyclic) bond motifs is 4. The normalized spacial score (nSPS) is 27.7. The van der Waals surface area contributed by atoms with E-state index in [9.17, 15) is 0 Å². The number of pyridine rings is 2. The average Bonchev–Trinajstić information content (AvgIpc) is 3.15. The quantitative estimate of drug-likeness (QED) is 0.525. The Labute approximate surface area is 185 Å². The Bertz CT molecular complexity index is 1220. The van der Waals surface area contributed by atoms with Gasteiger partial charge in [0.05, 0.1) is 24.1 Å². The highest BCUT2D eigenvalue weighted by atomic mass is 16.5. The molecule has 0 spiro atoms. The van der Waals surface area contributed by atoms with Crippen molar-refractivity contribution in [2.45, 2.75) is 24.8 Å². The molecule has 0 aromatic carbocycles. The highest BCUT2D eigenvalue weighted by molar-refractivity contribution is 5.81. The van der Waals surface area contributed by atoms with Gasteiger partial charge in [-0.3, -0.25) is 0 Å². The lowest BCUT2D eigenvalue weighted by molar-refractivity contribution is -0.0875. The molecule has 166 valence electrons. The number of nitrogens with zero attached hydrogens (tertiary/aromatic N) is 6. The number of aromatic nitrogens is 4. The lowest BCUT2D eigenvalue weighted by Crippen LogP contribution is -2.58. The molecule has 5 N–H and O–H groups in total. The second-order valence-electron chi connectivity index (χ2n) is 9.19. The molecule has 2 fully saturated rings. The highest BCUT2D eigenvalue weighted by Gasteiger charge is 2.34. The number of nitrogen functional groups attached to an aromatic ring is 1. The maximum absolute atomic E-state index is 6.40. The third-order valence-corrected chi connectivity index (χ3v) is 6.48. The molecule has 10 nitrogen and oxygen atoms in total. The van der Waals surface area contributed by atoms with E-state index in [1.807, 2.05) is 36.0 Å². The minimum Gasteiger partial charge on any atom is -0.384 e. The molecule has 32 heavy (non-hydrogen) atoms. The van der Waals surface area contributed by atoms with Gasteiger partial charge in [0.25, 0.3) is 0 Å². The van der Waals surface area contributed by atoms with Gasteiger partial charge in [-0.1, -0.05) is 0 Å². The molecule has 6 heterocycles. The third-order valence-electron chi connectivity index (χ3n) is 6.48. The number of anilines is 2. The van der Waals surface area contributed by atoms with Crippen molar-refractivity contribution < 1.29 is 4.74 Å². The second-order valence-corrected chi connectivity index (χ2v) is 9.19. The summed E-state index contributed by atoms with van der Waals surface area (Å²) >= 11 is 0. The predicted molar refractivity (Wildman–Crippen MR) is 122 cm³/mol. The van der Waals surface area contributed by atoms with Crippen molar-refractivity contribution in [3.63, 3.8) is 0 Å². The summed E-state index contributed by atoms with van der Waals surface area (Å²) in [5, 5.41) is 8.02. The molecule has 3 aliphatic rings. The van der Waals surface area contributed by atoms with Crippen LogP contribution in [0.3, 0.4) is 0 Å². The van der Waals surface area contributed by atoms with E-state index in [-0.39, 0.29) is 12.2 Å². The highest BCUT2D eigenvalue weighted by Crippen LogP contribution is 2.33. The maximum Gasteiger partial charge on any atom is 0.184 e. The summed E-state index contributed by atoms with van der Waals surface area (Å²) in [5.41, 5.74) is 16.1. The smallest absolute Gasteiger partial charge is 0.184 e. The SMILES string of the molecule is CN1CC2CN(c3ccc4nc(C5=CNC(C)(N)c6cnc(N)cc65)nn4c3)CC(C1)O2. The van der Waals surface area contributed by atoms with Crippen molar-refractivity contribution in [3.05, 3.63) is 53.7 Å². The van der Waals surface area contributed by atoms with Crippen molar-refractivity contribution in [2.75, 3.05) is 43.9 Å². The van der Waals surface area contributed by atoms with Crippen molar-refractivity contribution in [1.82, 2.24) is 29.8 Å². The fourth-order valence-electron chi connectivity index (χ4n) is 4.95. The molecule has 2 saturated heterocycles. The number of hydrogen-bond donors (Lipinski definition) is 3. The first-order chi connectivity index (χ1) is 15.4. The number of nitrogens with two attached hydrogens (primary N) is 2. The van der Waals surface area contributed by atoms with Crippen molar-refractivity contribution in [3.8, 4) is 0 Å². The Kier molecular flexibility index (Phi) is 4.19. The van der Waals surface area contributed by atoms with Gasteiger partial charge in [0.2, 0.25) is 0 Å². The average molecular weight is 434 g/mol. The van der Waals surface area contributed by atoms with Gasteiger partial charge in [-0.05, 0) is 37.7 Å². The van der Waals surface area contributed by atoms with Crippen LogP contribution in [0.4, 0.5) is 11.5 Å². The molecule has 6 rings (SSSR count). The van der Waals surface area contributed by atoms with E-state index in [2.05, 4.69) is 33.2 Å². The molecule has 2 bridgehead atoms. The fraction of sp³-hybridized carbons (Fsp3) is 0.409. The van der Waals surface area contributed by atoms with Crippen LogP contribution in [0.2, 0.25) is 0 Å². The van der Waals surface area contributed by atoms with E-state index >= 15 is 0 Å². The van der Waals surface area contributed by atoms with Gasteiger partial charge in [0, 0.05) is 49.7 Å². The Morgan fingerprint density at radius 1 is 1.19 bits per heavy atom. The van der Waals surface area contributed by atoms with Crippen LogP contribution in [-0.4, -0.2) is 69.9 Å². The van der Waals surface area contributed by atoms with E-state index < -0.39 is 5.66 Å². The van der Waals surface area contributed by atoms with Gasteiger partial charge >= 0.3 is 0 Å². The first-order valence-electron chi connectivity index (χ1n) is 10.8. The standard InChI is InChI=1S/C22H27N9O/c1-22(24)18-7-25-19(23)5-16(18)17(6-26-22)21-27-20-4-3-13(8-31(20)28-21)30-11-14-9-29(2)10-15(12-30)32-14/h3-8,14-15,26H,9-12,24H2,1-2H3,(H2,23,25). The molecule has 3 aromatic heterocycles. The lowest BCUT2D eigenvalue weighted by atomic mass is 9.90. The Morgan fingerprint density at radius 2 is 1.97 bits per heavy atom. The Balaban J connectivity index is 1.34. The number of rotatable bonds is 2. The summed E-state index contributed by atoms with van der Waals surface area (Å²) in [7, 11) is 2.16. The van der Waals surface area contributed by atoms with Gasteiger partial charge in [-0.15, -0.1) is 5.10 Å². The van der Waals surface area contributed by atoms with Crippen LogP contribution in [0.25, 0.3) is 11.2 Å². The number of likely N-dealkylation sites (N-methyl/N-ethyl adjacent to an activating group) is 1. The molecule has 3 aliphatic heterocycles. The molecule has 0 radical (unpaired) electrons. The molecule has 0 aliphatic carbocycles. The molecule has 0 amide bonds. The summed E-state index contributed by atoms with van der Waals surface area (Å²) in [4.78, 5) is 13.7. The van der Waals surface area contributed by atoms with Gasteiger partial charge < -0.3 is 31.3 Å². The molecule has 0 saturated carbocycles. The summed E-state index contributed by atoms with van der Waals surface area (Å²) in [6.45, 7) is 5.56. The van der Waals surface area contributed by atoms with Crippen molar-refractivity contribution in [2.24, 2.45) is 5.73 Å². The summed E-state index contributed by atoms with van der Waals surface area (Å²) in [6.07, 6.45) is 6.08. The largest absolute Gasteiger partial charge is 0.384 e. The Hall–Kier alpha value is -3.21. The number of ether oxygens (including phenoxy) is 1. The van der Waals surface area contributed by atoms with Gasteiger partial charge in [0.1, 0.15) is 11.5 Å². The van der Waals surface area contributed by atoms with Gasteiger partial charge in [-0.2, -0.15) is 0 Å². The van der Waals surface area contributed by atoms with Crippen LogP contribution >= 0.6 is 0 Å². The van der Waals surface area contributed by atoms with Crippen molar-refractivity contribution in [1.29, 1.82) is 0 Å². The van der Waals surface area contributed by atoms with Crippen LogP contribution in [0.15, 0.2) is 36.8 Å². The zero-order chi connectivity index (χ0) is 22.0.